The van der Waals surface area contributed by atoms with Gasteiger partial charge in [0.1, 0.15) is 10.0 Å². The fraction of sp³-hybridized carbons (Fsp3) is 0.235. The molecule has 0 fully saturated rings. The van der Waals surface area contributed by atoms with E-state index in [9.17, 15) is 9.00 Å². The number of aromatic nitrogens is 1. The lowest BCUT2D eigenvalue weighted by Crippen LogP contribution is -2.35. The second-order valence-electron chi connectivity index (χ2n) is 5.96. The van der Waals surface area contributed by atoms with Gasteiger partial charge in [0.2, 0.25) is 0 Å². The van der Waals surface area contributed by atoms with Crippen molar-refractivity contribution in [2.45, 2.75) is 18.9 Å². The average molecular weight is 430 g/mol. The molecule has 0 spiro atoms. The molecule has 1 aliphatic carbocycles. The molecule has 1 amide bonds. The van der Waals surface area contributed by atoms with Crippen molar-refractivity contribution in [3.05, 3.63) is 56.5 Å². The van der Waals surface area contributed by atoms with Gasteiger partial charge in [0.25, 0.3) is 5.91 Å². The van der Waals surface area contributed by atoms with Crippen LogP contribution in [0.5, 0.6) is 0 Å². The number of carbonyl (C=O) groups excluding carboxylic acids is 1. The van der Waals surface area contributed by atoms with Crippen LogP contribution in [-0.4, -0.2) is 27.4 Å². The molecular formula is C17H17Cl2N3O2S2. The predicted molar refractivity (Wildman–Crippen MR) is 110 cm³/mol. The number of nitrogens with two attached hydrogens (primary N) is 1. The van der Waals surface area contributed by atoms with Crippen molar-refractivity contribution in [2.24, 2.45) is 5.14 Å². The van der Waals surface area contributed by atoms with Gasteiger partial charge in [-0.2, -0.15) is 0 Å². The zero-order valence-corrected chi connectivity index (χ0v) is 17.0. The van der Waals surface area contributed by atoms with E-state index in [0.717, 1.165) is 23.1 Å². The maximum Gasteiger partial charge on any atom is 0.267 e. The van der Waals surface area contributed by atoms with Crippen LogP contribution in [0.2, 0.25) is 9.36 Å². The first kappa shape index (κ1) is 19.4. The highest BCUT2D eigenvalue weighted by atomic mass is 35.5. The second kappa shape index (κ2) is 8.10. The molecule has 4 N–H and O–H groups in total. The first-order chi connectivity index (χ1) is 12.3. The van der Waals surface area contributed by atoms with Crippen LogP contribution in [0.15, 0.2) is 30.3 Å². The summed E-state index contributed by atoms with van der Waals surface area (Å²) in [6.07, 6.45) is 3.17. The third kappa shape index (κ3) is 4.29. The highest BCUT2D eigenvalue weighted by molar-refractivity contribution is 7.81. The standard InChI is InChI=1S/C16H12Cl2N2OS.CH5NOS/c17-13-14-12(22-15(13)18)7-11(20-14)16(21)19-10-5-8-3-1-2-4-9(8)6-10;1-4(2)3/h1-4,7,10,20H,5-6H2,(H,19,21);2H2,1H3. The molecule has 2 aromatic heterocycles. The van der Waals surface area contributed by atoms with E-state index in [4.69, 9.17) is 23.2 Å². The lowest BCUT2D eigenvalue weighted by Gasteiger charge is -2.10. The minimum absolute atomic E-state index is 0.103. The number of H-pyrrole nitrogens is 1. The van der Waals surface area contributed by atoms with Crippen molar-refractivity contribution < 1.29 is 9.00 Å². The van der Waals surface area contributed by atoms with Gasteiger partial charge in [0, 0.05) is 12.3 Å². The van der Waals surface area contributed by atoms with Crippen molar-refractivity contribution in [3.63, 3.8) is 0 Å². The summed E-state index contributed by atoms with van der Waals surface area (Å²) in [6, 6.07) is 10.3. The van der Waals surface area contributed by atoms with Crippen molar-refractivity contribution in [1.82, 2.24) is 10.3 Å². The van der Waals surface area contributed by atoms with Gasteiger partial charge in [0.15, 0.2) is 0 Å². The predicted octanol–water partition coefficient (Wildman–Crippen LogP) is 3.67. The number of hydrogen-bond donors (Lipinski definition) is 3. The molecule has 0 saturated heterocycles. The van der Waals surface area contributed by atoms with Crippen LogP contribution in [-0.2, 0) is 23.8 Å². The van der Waals surface area contributed by atoms with E-state index in [2.05, 4.69) is 27.6 Å². The first-order valence-electron chi connectivity index (χ1n) is 7.77. The number of thiophene rings is 1. The Kier molecular flexibility index (Phi) is 6.04. The number of aromatic amines is 1. The Balaban J connectivity index is 0.000000447. The molecule has 0 bridgehead atoms. The van der Waals surface area contributed by atoms with Gasteiger partial charge in [-0.3, -0.25) is 9.93 Å². The molecule has 1 unspecified atom stereocenters. The van der Waals surface area contributed by atoms with Gasteiger partial charge in [-0.25, -0.2) is 4.21 Å². The monoisotopic (exact) mass is 429 g/mol. The quantitative estimate of drug-likeness (QED) is 0.579. The maximum atomic E-state index is 12.4. The number of carbonyl (C=O) groups is 1. The van der Waals surface area contributed by atoms with Gasteiger partial charge in [0.05, 0.1) is 26.2 Å². The second-order valence-corrected chi connectivity index (χ2v) is 8.99. The van der Waals surface area contributed by atoms with E-state index in [-0.39, 0.29) is 11.9 Å². The molecule has 0 aliphatic heterocycles. The number of nitrogens with one attached hydrogen (secondary N) is 2. The zero-order chi connectivity index (χ0) is 18.8. The number of fused-ring (bicyclic) bond motifs is 2. The van der Waals surface area contributed by atoms with E-state index in [1.807, 2.05) is 12.1 Å². The number of hydrogen-bond acceptors (Lipinski definition) is 3. The summed E-state index contributed by atoms with van der Waals surface area (Å²) in [7, 11) is -1.11. The number of halogens is 2. The molecule has 5 nitrogen and oxygen atoms in total. The number of benzene rings is 1. The van der Waals surface area contributed by atoms with Gasteiger partial charge in [-0.05, 0) is 30.0 Å². The average Bonchev–Trinajstić information content (AvgIpc) is 3.22. The van der Waals surface area contributed by atoms with Crippen molar-refractivity contribution in [1.29, 1.82) is 0 Å². The van der Waals surface area contributed by atoms with Crippen molar-refractivity contribution >= 4 is 61.6 Å². The molecule has 2 heterocycles. The molecular weight excluding hydrogens is 413 g/mol. The van der Waals surface area contributed by atoms with Gasteiger partial charge >= 0.3 is 0 Å². The van der Waals surface area contributed by atoms with E-state index in [0.29, 0.717) is 15.1 Å². The highest BCUT2D eigenvalue weighted by Gasteiger charge is 2.24. The maximum absolute atomic E-state index is 12.4. The van der Waals surface area contributed by atoms with Crippen LogP contribution in [0.4, 0.5) is 0 Å². The summed E-state index contributed by atoms with van der Waals surface area (Å²) >= 11 is 13.5. The van der Waals surface area contributed by atoms with E-state index >= 15 is 0 Å². The topological polar surface area (TPSA) is 88.0 Å². The summed E-state index contributed by atoms with van der Waals surface area (Å²) in [5.74, 6) is -0.103. The number of amides is 1. The fourth-order valence-corrected chi connectivity index (χ4v) is 4.45. The Hall–Kier alpha value is -1.38. The van der Waals surface area contributed by atoms with Crippen LogP contribution in [0.25, 0.3) is 10.2 Å². The Bertz CT molecular complexity index is 955. The molecule has 9 heteroatoms. The molecule has 1 aromatic carbocycles. The van der Waals surface area contributed by atoms with E-state index in [1.165, 1.54) is 28.7 Å². The molecule has 138 valence electrons. The zero-order valence-electron chi connectivity index (χ0n) is 13.8. The summed E-state index contributed by atoms with van der Waals surface area (Å²) < 4.78 is 10.8. The first-order valence-corrected chi connectivity index (χ1v) is 11.0. The molecule has 0 radical (unpaired) electrons. The summed E-state index contributed by atoms with van der Waals surface area (Å²) in [5, 5.41) is 8.15. The Morgan fingerprint density at radius 2 is 1.88 bits per heavy atom. The molecule has 1 aliphatic rings. The van der Waals surface area contributed by atoms with Crippen molar-refractivity contribution in [2.75, 3.05) is 6.26 Å². The van der Waals surface area contributed by atoms with Crippen LogP contribution in [0, 0.1) is 0 Å². The molecule has 0 saturated carbocycles. The lowest BCUT2D eigenvalue weighted by atomic mass is 10.1. The Labute approximate surface area is 167 Å². The van der Waals surface area contributed by atoms with Gasteiger partial charge in [-0.1, -0.05) is 47.5 Å². The third-order valence-corrected chi connectivity index (χ3v) is 5.94. The van der Waals surface area contributed by atoms with E-state index in [1.54, 1.807) is 6.07 Å². The van der Waals surface area contributed by atoms with Crippen molar-refractivity contribution in [3.8, 4) is 0 Å². The summed E-state index contributed by atoms with van der Waals surface area (Å²) in [6.45, 7) is 0. The Morgan fingerprint density at radius 1 is 1.31 bits per heavy atom. The summed E-state index contributed by atoms with van der Waals surface area (Å²) in [4.78, 5) is 15.5. The van der Waals surface area contributed by atoms with Crippen LogP contribution in [0.1, 0.15) is 21.6 Å². The third-order valence-electron chi connectivity index (χ3n) is 4.00. The highest BCUT2D eigenvalue weighted by Crippen LogP contribution is 2.38. The summed E-state index contributed by atoms with van der Waals surface area (Å²) in [5.41, 5.74) is 3.89. The molecule has 26 heavy (non-hydrogen) atoms. The van der Waals surface area contributed by atoms with Crippen LogP contribution < -0.4 is 10.5 Å². The Morgan fingerprint density at radius 3 is 2.42 bits per heavy atom. The normalized spacial score (nSPS) is 14.6. The fourth-order valence-electron chi connectivity index (χ4n) is 2.97. The van der Waals surface area contributed by atoms with Crippen LogP contribution in [0.3, 0.4) is 0 Å². The largest absolute Gasteiger partial charge is 0.349 e. The molecule has 3 aromatic rings. The van der Waals surface area contributed by atoms with Gasteiger partial charge in [-0.15, -0.1) is 11.3 Å². The minimum Gasteiger partial charge on any atom is -0.349 e. The van der Waals surface area contributed by atoms with Gasteiger partial charge < -0.3 is 10.3 Å². The molecule has 1 atom stereocenters. The minimum atomic E-state index is -1.11. The van der Waals surface area contributed by atoms with Crippen LogP contribution >= 0.6 is 34.5 Å². The van der Waals surface area contributed by atoms with E-state index < -0.39 is 11.0 Å². The molecule has 4 rings (SSSR count). The smallest absolute Gasteiger partial charge is 0.267 e. The SMILES string of the molecule is CS(N)=O.O=C(NC1Cc2ccccc2C1)c1cc2sc(Cl)c(Cl)c2[nH]1. The lowest BCUT2D eigenvalue weighted by molar-refractivity contribution is 0.0934. The number of rotatable bonds is 2.